The Balaban J connectivity index is 1.92. The monoisotopic (exact) mass is 548 g/mol. The maximum absolute atomic E-state index is 16.2. The first kappa shape index (κ1) is 27.0. The van der Waals surface area contributed by atoms with Crippen LogP contribution in [-0.4, -0.2) is 66.9 Å². The molecule has 3 aromatic rings. The highest BCUT2D eigenvalue weighted by Crippen LogP contribution is 2.46. The van der Waals surface area contributed by atoms with Gasteiger partial charge in [-0.05, 0) is 37.1 Å². The van der Waals surface area contributed by atoms with Crippen molar-refractivity contribution < 1.29 is 22.9 Å². The van der Waals surface area contributed by atoms with Gasteiger partial charge >= 0.3 is 0 Å². The molecule has 1 fully saturated rings. The molecule has 1 aromatic heterocycles. The van der Waals surface area contributed by atoms with Crippen LogP contribution >= 0.6 is 18.7 Å². The summed E-state index contributed by atoms with van der Waals surface area (Å²) in [6.07, 6.45) is 1.79. The van der Waals surface area contributed by atoms with Crippen molar-refractivity contribution in [2.45, 2.75) is 13.1 Å². The Kier molecular flexibility index (Phi) is 7.85. The number of fused-ring (bicyclic) bond motifs is 1. The van der Waals surface area contributed by atoms with E-state index < -0.39 is 18.8 Å². The minimum absolute atomic E-state index is 0.0267. The summed E-state index contributed by atoms with van der Waals surface area (Å²) in [6, 6.07) is 5.71. The van der Waals surface area contributed by atoms with Crippen LogP contribution in [0.5, 0.6) is 5.75 Å². The standard InChI is InChI=1S/C26H28ClF2N4O3P/c1-5-21(34)32-10-12-33(13-11-32)26-16-14-17(27)22(23-18(28)8-7-9-19(23)36-3)24(29)25(16)30-20(31-26)15-37(4,35)6-2/h5,7-9,14H,1,6,10-13,15H2,2-4H3. The molecule has 0 aliphatic carbocycles. The van der Waals surface area contributed by atoms with E-state index in [0.29, 0.717) is 43.5 Å². The third-order valence-electron chi connectivity index (χ3n) is 6.56. The molecule has 4 rings (SSSR count). The van der Waals surface area contributed by atoms with Crippen molar-refractivity contribution >= 4 is 41.4 Å². The van der Waals surface area contributed by atoms with E-state index in [2.05, 4.69) is 16.5 Å². The molecule has 0 spiro atoms. The van der Waals surface area contributed by atoms with Gasteiger partial charge in [0.25, 0.3) is 0 Å². The van der Waals surface area contributed by atoms with Crippen molar-refractivity contribution in [2.24, 2.45) is 0 Å². The normalized spacial score (nSPS) is 15.5. The first-order valence-electron chi connectivity index (χ1n) is 11.8. The number of hydrogen-bond donors (Lipinski definition) is 0. The molecule has 0 N–H and O–H groups in total. The predicted octanol–water partition coefficient (Wildman–Crippen LogP) is 5.58. The lowest BCUT2D eigenvalue weighted by molar-refractivity contribution is -0.126. The number of anilines is 1. The molecule has 0 saturated carbocycles. The zero-order chi connectivity index (χ0) is 26.9. The van der Waals surface area contributed by atoms with Crippen molar-refractivity contribution in [1.29, 1.82) is 0 Å². The summed E-state index contributed by atoms with van der Waals surface area (Å²) in [4.78, 5) is 24.7. The number of carbonyl (C=O) groups is 1. The summed E-state index contributed by atoms with van der Waals surface area (Å²) in [5.41, 5.74) is -0.330. The third-order valence-corrected chi connectivity index (χ3v) is 9.15. The molecule has 1 aliphatic rings. The van der Waals surface area contributed by atoms with Gasteiger partial charge in [0.1, 0.15) is 28.7 Å². The average Bonchev–Trinajstić information content (AvgIpc) is 2.89. The maximum Gasteiger partial charge on any atom is 0.246 e. The summed E-state index contributed by atoms with van der Waals surface area (Å²) in [5, 5.41) is 0.317. The number of aromatic nitrogens is 2. The van der Waals surface area contributed by atoms with Gasteiger partial charge in [0.2, 0.25) is 5.91 Å². The molecular formula is C26H28ClF2N4O3P. The quantitative estimate of drug-likeness (QED) is 0.283. The van der Waals surface area contributed by atoms with E-state index in [1.54, 1.807) is 11.6 Å². The lowest BCUT2D eigenvalue weighted by Gasteiger charge is -2.35. The molecule has 1 unspecified atom stereocenters. The van der Waals surface area contributed by atoms with E-state index in [0.717, 1.165) is 0 Å². The largest absolute Gasteiger partial charge is 0.496 e. The van der Waals surface area contributed by atoms with Crippen LogP contribution in [0.1, 0.15) is 12.7 Å². The highest BCUT2D eigenvalue weighted by molar-refractivity contribution is 7.62. The molecule has 11 heteroatoms. The number of methoxy groups -OCH3 is 1. The summed E-state index contributed by atoms with van der Waals surface area (Å²) < 4.78 is 49.4. The van der Waals surface area contributed by atoms with Crippen molar-refractivity contribution in [3.63, 3.8) is 0 Å². The number of hydrogen-bond acceptors (Lipinski definition) is 6. The average molecular weight is 549 g/mol. The number of carbonyl (C=O) groups excluding carboxylic acids is 1. The number of ether oxygens (including phenoxy) is 1. The van der Waals surface area contributed by atoms with Gasteiger partial charge in [-0.1, -0.05) is 31.2 Å². The van der Waals surface area contributed by atoms with Crippen molar-refractivity contribution in [3.05, 3.63) is 59.4 Å². The van der Waals surface area contributed by atoms with Crippen LogP contribution in [0.3, 0.4) is 0 Å². The van der Waals surface area contributed by atoms with E-state index in [-0.39, 0.29) is 45.3 Å². The fraction of sp³-hybridized carbons (Fsp3) is 0.346. The first-order valence-corrected chi connectivity index (χ1v) is 14.7. The molecule has 196 valence electrons. The summed E-state index contributed by atoms with van der Waals surface area (Å²) in [7, 11) is -1.25. The fourth-order valence-corrected chi connectivity index (χ4v) is 5.61. The highest BCUT2D eigenvalue weighted by Gasteiger charge is 2.28. The van der Waals surface area contributed by atoms with Crippen LogP contribution < -0.4 is 9.64 Å². The maximum atomic E-state index is 16.2. The molecular weight excluding hydrogens is 521 g/mol. The molecule has 1 aliphatic heterocycles. The molecule has 37 heavy (non-hydrogen) atoms. The van der Waals surface area contributed by atoms with Crippen molar-refractivity contribution in [3.8, 4) is 16.9 Å². The van der Waals surface area contributed by atoms with Gasteiger partial charge in [0.05, 0.1) is 31.0 Å². The smallest absolute Gasteiger partial charge is 0.246 e. The molecule has 2 heterocycles. The molecule has 1 saturated heterocycles. The van der Waals surface area contributed by atoms with E-state index in [1.165, 1.54) is 37.5 Å². The molecule has 1 atom stereocenters. The number of halogens is 3. The number of piperazine rings is 1. The number of nitrogens with zero attached hydrogens (tertiary/aromatic N) is 4. The topological polar surface area (TPSA) is 75.6 Å². The lowest BCUT2D eigenvalue weighted by atomic mass is 10.0. The second kappa shape index (κ2) is 10.8. The van der Waals surface area contributed by atoms with Crippen LogP contribution in [0.2, 0.25) is 5.02 Å². The van der Waals surface area contributed by atoms with E-state index >= 15 is 4.39 Å². The van der Waals surface area contributed by atoms with Gasteiger partial charge in [-0.25, -0.2) is 18.7 Å². The van der Waals surface area contributed by atoms with Crippen molar-refractivity contribution in [1.82, 2.24) is 14.9 Å². The Labute approximate surface area is 219 Å². The number of benzene rings is 2. The van der Waals surface area contributed by atoms with Crippen molar-refractivity contribution in [2.75, 3.05) is 51.0 Å². The lowest BCUT2D eigenvalue weighted by Crippen LogP contribution is -2.48. The van der Waals surface area contributed by atoms with Crippen LogP contribution in [-0.2, 0) is 15.5 Å². The Morgan fingerprint density at radius 1 is 1.22 bits per heavy atom. The van der Waals surface area contributed by atoms with Gasteiger partial charge in [-0.2, -0.15) is 0 Å². The zero-order valence-electron chi connectivity index (χ0n) is 20.9. The van der Waals surface area contributed by atoms with E-state index in [1.807, 2.05) is 11.8 Å². The fourth-order valence-electron chi connectivity index (χ4n) is 4.36. The Hall–Kier alpha value is -3.03. The van der Waals surface area contributed by atoms with Crippen LogP contribution in [0.25, 0.3) is 22.0 Å². The summed E-state index contributed by atoms with van der Waals surface area (Å²) >= 11 is 6.56. The van der Waals surface area contributed by atoms with Gasteiger partial charge in [0.15, 0.2) is 5.82 Å². The van der Waals surface area contributed by atoms with Gasteiger partial charge < -0.3 is 19.1 Å². The predicted molar refractivity (Wildman–Crippen MR) is 143 cm³/mol. The van der Waals surface area contributed by atoms with Crippen LogP contribution in [0.4, 0.5) is 14.6 Å². The third kappa shape index (κ3) is 5.34. The minimum atomic E-state index is -2.61. The number of amides is 1. The Morgan fingerprint density at radius 2 is 1.92 bits per heavy atom. The first-order chi connectivity index (χ1) is 17.6. The van der Waals surface area contributed by atoms with E-state index in [9.17, 15) is 13.8 Å². The number of rotatable bonds is 7. The summed E-state index contributed by atoms with van der Waals surface area (Å²) in [5.74, 6) is -0.899. The second-order valence-corrected chi connectivity index (χ2v) is 13.0. The molecule has 2 aromatic carbocycles. The zero-order valence-corrected chi connectivity index (χ0v) is 22.6. The van der Waals surface area contributed by atoms with Crippen LogP contribution in [0.15, 0.2) is 36.9 Å². The molecule has 1 amide bonds. The summed E-state index contributed by atoms with van der Waals surface area (Å²) in [6.45, 7) is 8.74. The van der Waals surface area contributed by atoms with Crippen LogP contribution in [0, 0.1) is 11.6 Å². The molecule has 7 nitrogen and oxygen atoms in total. The SMILES string of the molecule is C=CC(=O)N1CCN(c2nc(CP(C)(=O)CC)nc3c(F)c(-c4c(F)cccc4OC)c(Cl)cc23)CC1. The highest BCUT2D eigenvalue weighted by atomic mass is 35.5. The Bertz CT molecular complexity index is 1430. The second-order valence-electron chi connectivity index (χ2n) is 9.01. The van der Waals surface area contributed by atoms with E-state index in [4.69, 9.17) is 16.3 Å². The minimum Gasteiger partial charge on any atom is -0.496 e. The Morgan fingerprint density at radius 3 is 2.54 bits per heavy atom. The van der Waals surface area contributed by atoms with Gasteiger partial charge in [-0.15, -0.1) is 0 Å². The van der Waals surface area contributed by atoms with Gasteiger partial charge in [0, 0.05) is 37.1 Å². The molecule has 0 bridgehead atoms. The molecule has 0 radical (unpaired) electrons. The van der Waals surface area contributed by atoms with Gasteiger partial charge in [-0.3, -0.25) is 4.79 Å².